The average Bonchev–Trinajstić information content (AvgIpc) is 3.22. The number of aryl methyl sites for hydroxylation is 3. The van der Waals surface area contributed by atoms with Crippen LogP contribution in [0, 0.1) is 13.8 Å². The third-order valence-electron chi connectivity index (χ3n) is 4.74. The second kappa shape index (κ2) is 6.55. The number of fused-ring (bicyclic) bond motifs is 1. The Bertz CT molecular complexity index is 948. The van der Waals surface area contributed by atoms with E-state index in [-0.39, 0.29) is 5.91 Å². The molecule has 136 valence electrons. The largest absolute Gasteiger partial charge is 0.345 e. The molecular weight excluding hydrogens is 370 g/mol. The number of rotatable bonds is 2. The van der Waals surface area contributed by atoms with Crippen LogP contribution >= 0.6 is 22.9 Å². The summed E-state index contributed by atoms with van der Waals surface area (Å²) in [5, 5.41) is 6.01. The van der Waals surface area contributed by atoms with Crippen molar-refractivity contribution in [3.63, 3.8) is 0 Å². The van der Waals surface area contributed by atoms with Crippen LogP contribution in [0.3, 0.4) is 0 Å². The molecule has 1 saturated heterocycles. The van der Waals surface area contributed by atoms with Crippen molar-refractivity contribution in [1.82, 2.24) is 19.7 Å². The minimum absolute atomic E-state index is 0.00550. The maximum absolute atomic E-state index is 12.7. The van der Waals surface area contributed by atoms with Crippen LogP contribution < -0.4 is 4.90 Å². The van der Waals surface area contributed by atoms with E-state index in [1.165, 1.54) is 0 Å². The molecule has 1 aromatic carbocycles. The fourth-order valence-electron chi connectivity index (χ4n) is 3.29. The van der Waals surface area contributed by atoms with Crippen LogP contribution in [0.15, 0.2) is 18.3 Å². The predicted octanol–water partition coefficient (Wildman–Crippen LogP) is 3.26. The Labute approximate surface area is 161 Å². The van der Waals surface area contributed by atoms with E-state index in [1.54, 1.807) is 16.0 Å². The molecule has 1 aliphatic heterocycles. The molecular formula is C18H20ClN5OS. The van der Waals surface area contributed by atoms with Gasteiger partial charge in [0.15, 0.2) is 10.8 Å². The number of anilines is 1. The van der Waals surface area contributed by atoms with E-state index in [2.05, 4.69) is 10.00 Å². The first-order valence-corrected chi connectivity index (χ1v) is 9.73. The van der Waals surface area contributed by atoms with E-state index >= 15 is 0 Å². The van der Waals surface area contributed by atoms with E-state index in [1.807, 2.05) is 44.1 Å². The van der Waals surface area contributed by atoms with Gasteiger partial charge in [0.2, 0.25) is 0 Å². The summed E-state index contributed by atoms with van der Waals surface area (Å²) < 4.78 is 2.72. The van der Waals surface area contributed by atoms with E-state index in [9.17, 15) is 4.79 Å². The minimum atomic E-state index is 0.00550. The highest BCUT2D eigenvalue weighted by atomic mass is 35.5. The second-order valence-corrected chi connectivity index (χ2v) is 8.04. The number of amides is 1. The van der Waals surface area contributed by atoms with Crippen LogP contribution in [-0.4, -0.2) is 51.8 Å². The van der Waals surface area contributed by atoms with Crippen molar-refractivity contribution in [1.29, 1.82) is 0 Å². The molecule has 8 heteroatoms. The first kappa shape index (κ1) is 17.3. The Morgan fingerprint density at radius 2 is 1.88 bits per heavy atom. The Kier molecular flexibility index (Phi) is 4.36. The van der Waals surface area contributed by atoms with Gasteiger partial charge in [-0.15, -0.1) is 0 Å². The summed E-state index contributed by atoms with van der Waals surface area (Å²) in [6.45, 7) is 6.81. The molecule has 26 heavy (non-hydrogen) atoms. The SMILES string of the molecule is Cc1cn(C)nc1C(=O)N1CCN(c2nc3c(C)ccc(Cl)c3s2)CC1. The third kappa shape index (κ3) is 2.95. The van der Waals surface area contributed by atoms with Crippen molar-refractivity contribution >= 4 is 44.2 Å². The Balaban J connectivity index is 1.50. The number of hydrogen-bond acceptors (Lipinski definition) is 5. The van der Waals surface area contributed by atoms with Crippen LogP contribution in [-0.2, 0) is 7.05 Å². The van der Waals surface area contributed by atoms with Crippen molar-refractivity contribution in [2.24, 2.45) is 7.05 Å². The highest BCUT2D eigenvalue weighted by molar-refractivity contribution is 7.22. The van der Waals surface area contributed by atoms with E-state index in [0.717, 1.165) is 44.6 Å². The summed E-state index contributed by atoms with van der Waals surface area (Å²) in [5.41, 5.74) is 3.56. The Morgan fingerprint density at radius 1 is 1.15 bits per heavy atom. The maximum Gasteiger partial charge on any atom is 0.274 e. The quantitative estimate of drug-likeness (QED) is 0.675. The molecule has 0 spiro atoms. The van der Waals surface area contributed by atoms with Gasteiger partial charge < -0.3 is 9.80 Å². The van der Waals surface area contributed by atoms with Gasteiger partial charge >= 0.3 is 0 Å². The zero-order chi connectivity index (χ0) is 18.4. The average molecular weight is 390 g/mol. The van der Waals surface area contributed by atoms with E-state index in [0.29, 0.717) is 18.8 Å². The summed E-state index contributed by atoms with van der Waals surface area (Å²) in [7, 11) is 1.84. The molecule has 3 aromatic rings. The fraction of sp³-hybridized carbons (Fsp3) is 0.389. The molecule has 0 bridgehead atoms. The lowest BCUT2D eigenvalue weighted by Crippen LogP contribution is -2.49. The van der Waals surface area contributed by atoms with Gasteiger partial charge in [0.25, 0.3) is 5.91 Å². The van der Waals surface area contributed by atoms with Gasteiger partial charge in [-0.05, 0) is 25.5 Å². The number of thiazole rings is 1. The molecule has 1 fully saturated rings. The lowest BCUT2D eigenvalue weighted by Gasteiger charge is -2.34. The summed E-state index contributed by atoms with van der Waals surface area (Å²) >= 11 is 7.94. The first-order chi connectivity index (χ1) is 12.4. The van der Waals surface area contributed by atoms with Gasteiger partial charge in [-0.2, -0.15) is 5.10 Å². The predicted molar refractivity (Wildman–Crippen MR) is 105 cm³/mol. The highest BCUT2D eigenvalue weighted by Gasteiger charge is 2.26. The number of hydrogen-bond donors (Lipinski definition) is 0. The van der Waals surface area contributed by atoms with Crippen LogP contribution in [0.2, 0.25) is 5.02 Å². The second-order valence-electron chi connectivity index (χ2n) is 6.65. The number of piperazine rings is 1. The molecule has 1 aliphatic rings. The number of halogens is 1. The molecule has 4 rings (SSSR count). The van der Waals surface area contributed by atoms with E-state index in [4.69, 9.17) is 16.6 Å². The topological polar surface area (TPSA) is 54.3 Å². The molecule has 0 radical (unpaired) electrons. The Hall–Kier alpha value is -2.12. The number of aromatic nitrogens is 3. The monoisotopic (exact) mass is 389 g/mol. The van der Waals surface area contributed by atoms with Crippen molar-refractivity contribution in [3.05, 3.63) is 40.2 Å². The summed E-state index contributed by atoms with van der Waals surface area (Å²) in [6.07, 6.45) is 1.87. The molecule has 2 aromatic heterocycles. The Morgan fingerprint density at radius 3 is 2.50 bits per heavy atom. The molecule has 6 nitrogen and oxygen atoms in total. The summed E-state index contributed by atoms with van der Waals surface area (Å²) in [5.74, 6) is 0.00550. The zero-order valence-electron chi connectivity index (χ0n) is 15.0. The van der Waals surface area contributed by atoms with Gasteiger partial charge in [0, 0.05) is 45.0 Å². The van der Waals surface area contributed by atoms with Crippen LogP contribution in [0.1, 0.15) is 21.6 Å². The van der Waals surface area contributed by atoms with Crippen LogP contribution in [0.25, 0.3) is 10.2 Å². The van der Waals surface area contributed by atoms with Gasteiger partial charge in [0.05, 0.1) is 15.2 Å². The number of nitrogens with zero attached hydrogens (tertiary/aromatic N) is 5. The lowest BCUT2D eigenvalue weighted by molar-refractivity contribution is 0.0739. The van der Waals surface area contributed by atoms with Crippen molar-refractivity contribution in [3.8, 4) is 0 Å². The minimum Gasteiger partial charge on any atom is -0.345 e. The van der Waals surface area contributed by atoms with Crippen LogP contribution in [0.5, 0.6) is 0 Å². The number of carbonyl (C=O) groups excluding carboxylic acids is 1. The summed E-state index contributed by atoms with van der Waals surface area (Å²) in [4.78, 5) is 21.6. The first-order valence-electron chi connectivity index (χ1n) is 8.54. The molecule has 0 unspecified atom stereocenters. The van der Waals surface area contributed by atoms with Crippen molar-refractivity contribution < 1.29 is 4.79 Å². The molecule has 3 heterocycles. The van der Waals surface area contributed by atoms with Gasteiger partial charge in [0.1, 0.15) is 0 Å². The fourth-order valence-corrected chi connectivity index (χ4v) is 4.66. The maximum atomic E-state index is 12.7. The summed E-state index contributed by atoms with van der Waals surface area (Å²) in [6, 6.07) is 3.92. The van der Waals surface area contributed by atoms with Gasteiger partial charge in [-0.3, -0.25) is 9.48 Å². The zero-order valence-corrected chi connectivity index (χ0v) is 16.6. The molecule has 0 atom stereocenters. The number of benzene rings is 1. The van der Waals surface area contributed by atoms with Crippen LogP contribution in [0.4, 0.5) is 5.13 Å². The molecule has 0 N–H and O–H groups in total. The number of carbonyl (C=O) groups is 1. The van der Waals surface area contributed by atoms with Gasteiger partial charge in [-0.1, -0.05) is 29.0 Å². The third-order valence-corrected chi connectivity index (χ3v) is 6.31. The lowest BCUT2D eigenvalue weighted by atomic mass is 10.2. The standard InChI is InChI=1S/C18H20ClN5OS/c1-11-4-5-13(19)16-14(11)20-18(26-16)24-8-6-23(7-9-24)17(25)15-12(2)10-22(3)21-15/h4-5,10H,6-9H2,1-3H3. The smallest absolute Gasteiger partial charge is 0.274 e. The van der Waals surface area contributed by atoms with Gasteiger partial charge in [-0.25, -0.2) is 4.98 Å². The van der Waals surface area contributed by atoms with Crippen molar-refractivity contribution in [2.45, 2.75) is 13.8 Å². The molecule has 1 amide bonds. The highest BCUT2D eigenvalue weighted by Crippen LogP contribution is 2.35. The molecule has 0 saturated carbocycles. The molecule has 0 aliphatic carbocycles. The van der Waals surface area contributed by atoms with E-state index < -0.39 is 0 Å². The normalized spacial score (nSPS) is 15.1. The van der Waals surface area contributed by atoms with Crippen molar-refractivity contribution in [2.75, 3.05) is 31.1 Å².